The monoisotopic (exact) mass is 498 g/mol. The summed E-state index contributed by atoms with van der Waals surface area (Å²) in [4.78, 5) is 0. The molecule has 33 heavy (non-hydrogen) atoms. The Morgan fingerprint density at radius 1 is 0.667 bits per heavy atom. The van der Waals surface area contributed by atoms with E-state index in [0.717, 1.165) is 41.4 Å². The summed E-state index contributed by atoms with van der Waals surface area (Å²) in [7, 11) is -1.49. The van der Waals surface area contributed by atoms with Crippen molar-refractivity contribution < 1.29 is 26.5 Å². The molecule has 0 spiro atoms. The van der Waals surface area contributed by atoms with Gasteiger partial charge in [-0.05, 0) is 70.6 Å². The molecule has 2 aliphatic rings. The molecule has 2 aliphatic carbocycles. The van der Waals surface area contributed by atoms with E-state index in [2.05, 4.69) is 56.8 Å². The molecule has 0 aliphatic heterocycles. The minimum absolute atomic E-state index is 0. The molecule has 172 valence electrons. The van der Waals surface area contributed by atoms with Gasteiger partial charge in [0.05, 0.1) is 30.3 Å². The van der Waals surface area contributed by atoms with Gasteiger partial charge in [0.1, 0.15) is 19.6 Å². The summed E-state index contributed by atoms with van der Waals surface area (Å²) in [6.07, 6.45) is 19.9. The summed E-state index contributed by atoms with van der Waals surface area (Å²) in [6.45, 7) is 12.2. The molecule has 1 aromatic carbocycles. The molecule has 4 heteroatoms. The van der Waals surface area contributed by atoms with Crippen molar-refractivity contribution in [3.8, 4) is 34.8 Å². The van der Waals surface area contributed by atoms with Crippen LogP contribution in [-0.2, 0) is 17.1 Å². The molecule has 2 fully saturated rings. The quantitative estimate of drug-likeness (QED) is 0.340. The Labute approximate surface area is 215 Å². The second-order valence-electron chi connectivity index (χ2n) is 8.43. The zero-order valence-corrected chi connectivity index (χ0v) is 22.5. The van der Waals surface area contributed by atoms with Gasteiger partial charge in [0.2, 0.25) is 0 Å². The first-order valence-corrected chi connectivity index (χ1v) is 14.8. The standard InChI is InChI=1S/C24H29O2Si.C5H5.Fe/c1-6-15-25-23-19-22(14-17-27(3,4)5)24(26-16-7-2)18-21(23)13-12-20-10-8-9-11-20;1-2-4-5-3-1;/h8-11,18-19H,6-7,15-16H2,1-5H3;1-5H;/q;;+2. The van der Waals surface area contributed by atoms with Crippen molar-refractivity contribution in [2.45, 2.75) is 46.3 Å². The summed E-state index contributed by atoms with van der Waals surface area (Å²) in [5.74, 6) is 12.3. The van der Waals surface area contributed by atoms with Crippen LogP contribution in [-0.4, -0.2) is 21.3 Å². The number of benzene rings is 1. The third-order valence-electron chi connectivity index (χ3n) is 4.14. The van der Waals surface area contributed by atoms with Gasteiger partial charge in [-0.15, -0.1) is 5.54 Å². The fraction of sp³-hybridized carbons (Fsp3) is 0.310. The molecular weight excluding hydrogens is 464 g/mol. The van der Waals surface area contributed by atoms with Crippen LogP contribution < -0.4 is 9.47 Å². The van der Waals surface area contributed by atoms with Crippen molar-refractivity contribution in [1.29, 1.82) is 0 Å². The Morgan fingerprint density at radius 2 is 1.12 bits per heavy atom. The summed E-state index contributed by atoms with van der Waals surface area (Å²) >= 11 is 0. The van der Waals surface area contributed by atoms with Gasteiger partial charge in [-0.25, -0.2) is 0 Å². The fourth-order valence-electron chi connectivity index (χ4n) is 2.59. The van der Waals surface area contributed by atoms with Gasteiger partial charge < -0.3 is 9.47 Å². The Hall–Kier alpha value is -1.32. The summed E-state index contributed by atoms with van der Waals surface area (Å²) in [5, 5.41) is 0. The predicted octanol–water partition coefficient (Wildman–Crippen LogP) is 6.27. The molecule has 0 amide bonds. The first-order valence-electron chi connectivity index (χ1n) is 11.3. The Kier molecular flexibility index (Phi) is 14.7. The molecule has 0 unspecified atom stereocenters. The van der Waals surface area contributed by atoms with Crippen LogP contribution in [0, 0.1) is 87.0 Å². The van der Waals surface area contributed by atoms with Gasteiger partial charge in [-0.3, -0.25) is 0 Å². The van der Waals surface area contributed by atoms with E-state index in [9.17, 15) is 0 Å². The molecule has 0 bridgehead atoms. The van der Waals surface area contributed by atoms with Crippen LogP contribution in [0.5, 0.6) is 11.5 Å². The van der Waals surface area contributed by atoms with Crippen molar-refractivity contribution >= 4 is 8.07 Å². The van der Waals surface area contributed by atoms with Gasteiger partial charge >= 0.3 is 17.1 Å². The zero-order valence-electron chi connectivity index (χ0n) is 20.3. The van der Waals surface area contributed by atoms with E-state index >= 15 is 0 Å². The van der Waals surface area contributed by atoms with E-state index in [1.807, 2.05) is 69.9 Å². The van der Waals surface area contributed by atoms with Crippen molar-refractivity contribution in [2.75, 3.05) is 13.2 Å². The molecule has 1 aromatic rings. The average molecular weight is 499 g/mol. The van der Waals surface area contributed by atoms with Gasteiger partial charge in [0.25, 0.3) is 0 Å². The predicted molar refractivity (Wildman–Crippen MR) is 137 cm³/mol. The second kappa shape index (κ2) is 16.3. The molecule has 0 heterocycles. The van der Waals surface area contributed by atoms with Crippen molar-refractivity contribution in [2.24, 2.45) is 0 Å². The Balaban J connectivity index is 0.000000799. The maximum Gasteiger partial charge on any atom is 2.00 e. The number of rotatable bonds is 6. The van der Waals surface area contributed by atoms with Crippen LogP contribution in [0.2, 0.25) is 19.6 Å². The number of hydrogen-bond donors (Lipinski definition) is 0. The summed E-state index contributed by atoms with van der Waals surface area (Å²) in [6, 6.07) is 3.97. The minimum atomic E-state index is -1.49. The minimum Gasteiger partial charge on any atom is -0.492 e. The third-order valence-corrected chi connectivity index (χ3v) is 5.01. The molecule has 2 nitrogen and oxygen atoms in total. The number of hydrogen-bond acceptors (Lipinski definition) is 2. The second-order valence-corrected chi connectivity index (χ2v) is 13.2. The fourth-order valence-corrected chi connectivity index (χ4v) is 3.10. The van der Waals surface area contributed by atoms with Crippen LogP contribution in [0.4, 0.5) is 0 Å². The Morgan fingerprint density at radius 3 is 1.55 bits per heavy atom. The van der Waals surface area contributed by atoms with Crippen LogP contribution in [0.15, 0.2) is 12.1 Å². The average Bonchev–Trinajstić information content (AvgIpc) is 3.50. The molecule has 3 rings (SSSR count). The molecule has 0 aromatic heterocycles. The van der Waals surface area contributed by atoms with Gasteiger partial charge in [-0.1, -0.05) is 51.2 Å². The van der Waals surface area contributed by atoms with E-state index in [1.165, 1.54) is 0 Å². The number of ether oxygens (including phenoxy) is 2. The molecule has 2 saturated carbocycles. The first kappa shape index (κ1) is 29.7. The smallest absolute Gasteiger partial charge is 0.492 e. The van der Waals surface area contributed by atoms with E-state index < -0.39 is 8.07 Å². The van der Waals surface area contributed by atoms with Crippen molar-refractivity contribution in [3.05, 3.63) is 87.0 Å². The molecule has 10 radical (unpaired) electrons. The van der Waals surface area contributed by atoms with E-state index in [4.69, 9.17) is 9.47 Å². The van der Waals surface area contributed by atoms with Crippen molar-refractivity contribution in [3.63, 3.8) is 0 Å². The maximum absolute atomic E-state index is 5.98. The summed E-state index contributed by atoms with van der Waals surface area (Å²) in [5.41, 5.74) is 5.16. The summed E-state index contributed by atoms with van der Waals surface area (Å²) < 4.78 is 12.0. The zero-order chi connectivity index (χ0) is 23.2. The van der Waals surface area contributed by atoms with Gasteiger partial charge in [-0.2, -0.15) is 0 Å². The normalized spacial score (nSPS) is 15.2. The Bertz CT molecular complexity index is 803. The van der Waals surface area contributed by atoms with E-state index in [0.29, 0.717) is 13.2 Å². The van der Waals surface area contributed by atoms with Crippen LogP contribution in [0.3, 0.4) is 0 Å². The topological polar surface area (TPSA) is 18.5 Å². The van der Waals surface area contributed by atoms with E-state index in [-0.39, 0.29) is 17.1 Å². The molecule has 0 atom stereocenters. The van der Waals surface area contributed by atoms with Crippen LogP contribution >= 0.6 is 0 Å². The van der Waals surface area contributed by atoms with Gasteiger partial charge in [0.15, 0.2) is 0 Å². The SMILES string of the molecule is CCCOc1cc(C#C[Si](C)(C)C)c(OCCC)cc1C#C[C]1[CH][CH][CH][CH]1.[CH]1[CH][CH][CH][CH]1.[Fe+2]. The molecular formula is C29H34FeO2Si+2. The van der Waals surface area contributed by atoms with Crippen LogP contribution in [0.25, 0.3) is 0 Å². The largest absolute Gasteiger partial charge is 2.00 e. The first-order chi connectivity index (χ1) is 15.4. The van der Waals surface area contributed by atoms with E-state index in [1.54, 1.807) is 0 Å². The molecule has 0 saturated heterocycles. The molecule has 0 N–H and O–H groups in total. The van der Waals surface area contributed by atoms with Gasteiger partial charge in [0, 0.05) is 12.1 Å². The van der Waals surface area contributed by atoms with Crippen molar-refractivity contribution in [1.82, 2.24) is 0 Å². The van der Waals surface area contributed by atoms with Crippen LogP contribution in [0.1, 0.15) is 37.8 Å². The third kappa shape index (κ3) is 12.1. The maximum atomic E-state index is 5.98.